The minimum atomic E-state index is -0.454. The Labute approximate surface area is 180 Å². The van der Waals surface area contributed by atoms with Crippen LogP contribution in [-0.2, 0) is 11.2 Å². The fourth-order valence-corrected chi connectivity index (χ4v) is 4.77. The molecule has 1 saturated heterocycles. The number of aliphatic hydroxyl groups is 1. The molecule has 0 saturated carbocycles. The van der Waals surface area contributed by atoms with Crippen molar-refractivity contribution in [1.82, 2.24) is 4.90 Å². The zero-order valence-corrected chi connectivity index (χ0v) is 19.0. The molecule has 0 radical (unpaired) electrons. The molecule has 6 heteroatoms. The summed E-state index contributed by atoms with van der Waals surface area (Å²) >= 11 is 0. The average molecular weight is 417 g/mol. The number of nitrogens with zero attached hydrogens (tertiary/aromatic N) is 2. The molecule has 1 aromatic rings. The monoisotopic (exact) mass is 416 g/mol. The number of methoxy groups -OCH3 is 1. The van der Waals surface area contributed by atoms with Crippen molar-refractivity contribution in [2.45, 2.75) is 65.3 Å². The number of fused-ring (bicyclic) bond motifs is 3. The van der Waals surface area contributed by atoms with E-state index in [0.717, 1.165) is 32.4 Å². The van der Waals surface area contributed by atoms with Gasteiger partial charge in [-0.15, -0.1) is 0 Å². The maximum atomic E-state index is 10.9. The molecule has 2 aliphatic rings. The maximum absolute atomic E-state index is 10.9. The van der Waals surface area contributed by atoms with Gasteiger partial charge in [0.1, 0.15) is 6.61 Å². The SMILES string of the molecule is [C-]#[N+]C(C)OCCOc1cc2c(cc1OC)[C@H]1C[C@@H](O)[C@H](CC(C)(C)C)CN1CC2. The number of ether oxygens (including phenoxy) is 3. The highest BCUT2D eigenvalue weighted by molar-refractivity contribution is 5.49. The van der Waals surface area contributed by atoms with Crippen LogP contribution in [-0.4, -0.2) is 55.8 Å². The number of hydrogen-bond donors (Lipinski definition) is 1. The summed E-state index contributed by atoms with van der Waals surface area (Å²) in [6.45, 7) is 18.1. The lowest BCUT2D eigenvalue weighted by molar-refractivity contribution is -0.0259. The zero-order chi connectivity index (χ0) is 21.9. The van der Waals surface area contributed by atoms with E-state index in [1.54, 1.807) is 14.0 Å². The summed E-state index contributed by atoms with van der Waals surface area (Å²) < 4.78 is 16.9. The minimum absolute atomic E-state index is 0.220. The van der Waals surface area contributed by atoms with Crippen molar-refractivity contribution < 1.29 is 19.3 Å². The van der Waals surface area contributed by atoms with Gasteiger partial charge in [0.05, 0.1) is 19.8 Å². The Balaban J connectivity index is 1.72. The van der Waals surface area contributed by atoms with Crippen molar-refractivity contribution in [3.63, 3.8) is 0 Å². The van der Waals surface area contributed by atoms with E-state index in [4.69, 9.17) is 20.8 Å². The highest BCUT2D eigenvalue weighted by atomic mass is 16.5. The van der Waals surface area contributed by atoms with E-state index >= 15 is 0 Å². The van der Waals surface area contributed by atoms with E-state index in [1.807, 2.05) is 0 Å². The van der Waals surface area contributed by atoms with Crippen LogP contribution in [0, 0.1) is 17.9 Å². The highest BCUT2D eigenvalue weighted by Gasteiger charge is 2.39. The first-order valence-electron chi connectivity index (χ1n) is 11.0. The first-order chi connectivity index (χ1) is 14.2. The van der Waals surface area contributed by atoms with Gasteiger partial charge >= 0.3 is 6.23 Å². The van der Waals surface area contributed by atoms with Crippen molar-refractivity contribution in [3.8, 4) is 11.5 Å². The van der Waals surface area contributed by atoms with E-state index < -0.39 is 6.23 Å². The van der Waals surface area contributed by atoms with Crippen LogP contribution < -0.4 is 9.47 Å². The molecular weight excluding hydrogens is 380 g/mol. The predicted octanol–water partition coefficient (Wildman–Crippen LogP) is 4.07. The van der Waals surface area contributed by atoms with E-state index in [9.17, 15) is 5.11 Å². The third-order valence-corrected chi connectivity index (χ3v) is 6.13. The van der Waals surface area contributed by atoms with Gasteiger partial charge in [-0.25, -0.2) is 6.57 Å². The molecule has 3 rings (SSSR count). The molecule has 1 N–H and O–H groups in total. The lowest BCUT2D eigenvalue weighted by Gasteiger charge is -2.47. The highest BCUT2D eigenvalue weighted by Crippen LogP contribution is 2.44. The summed E-state index contributed by atoms with van der Waals surface area (Å²) in [5.74, 6) is 1.75. The summed E-state index contributed by atoms with van der Waals surface area (Å²) in [6, 6.07) is 4.39. The third-order valence-electron chi connectivity index (χ3n) is 6.13. The molecule has 1 fully saturated rings. The summed E-state index contributed by atoms with van der Waals surface area (Å²) in [7, 11) is 1.65. The van der Waals surface area contributed by atoms with Crippen LogP contribution in [0.5, 0.6) is 11.5 Å². The summed E-state index contributed by atoms with van der Waals surface area (Å²) in [6.07, 6.45) is 2.04. The normalized spacial score (nSPS) is 25.0. The van der Waals surface area contributed by atoms with Gasteiger partial charge < -0.3 is 19.3 Å². The second-order valence-electron chi connectivity index (χ2n) is 9.74. The van der Waals surface area contributed by atoms with E-state index in [1.165, 1.54) is 11.1 Å². The Bertz CT molecular complexity index is 768. The predicted molar refractivity (Wildman–Crippen MR) is 117 cm³/mol. The van der Waals surface area contributed by atoms with Gasteiger partial charge in [-0.05, 0) is 53.9 Å². The number of benzene rings is 1. The molecule has 2 aliphatic heterocycles. The smallest absolute Gasteiger partial charge is 0.325 e. The molecule has 1 aromatic carbocycles. The van der Waals surface area contributed by atoms with E-state index in [2.05, 4.69) is 42.6 Å². The molecule has 0 spiro atoms. The molecule has 0 aliphatic carbocycles. The number of rotatable bonds is 7. The van der Waals surface area contributed by atoms with Crippen LogP contribution in [0.15, 0.2) is 12.1 Å². The first-order valence-corrected chi connectivity index (χ1v) is 11.0. The van der Waals surface area contributed by atoms with Crippen molar-refractivity contribution in [2.75, 3.05) is 33.4 Å². The largest absolute Gasteiger partial charge is 0.493 e. The molecule has 1 unspecified atom stereocenters. The molecule has 0 aromatic heterocycles. The molecule has 30 heavy (non-hydrogen) atoms. The lowest BCUT2D eigenvalue weighted by atomic mass is 9.75. The van der Waals surface area contributed by atoms with Crippen LogP contribution >= 0.6 is 0 Å². The second-order valence-corrected chi connectivity index (χ2v) is 9.74. The lowest BCUT2D eigenvalue weighted by Crippen LogP contribution is -2.48. The Morgan fingerprint density at radius 1 is 1.27 bits per heavy atom. The van der Waals surface area contributed by atoms with Crippen LogP contribution in [0.1, 0.15) is 57.7 Å². The Kier molecular flexibility index (Phi) is 7.28. The Morgan fingerprint density at radius 3 is 2.70 bits per heavy atom. The van der Waals surface area contributed by atoms with E-state index in [-0.39, 0.29) is 17.6 Å². The van der Waals surface area contributed by atoms with Crippen LogP contribution in [0.2, 0.25) is 0 Å². The third kappa shape index (κ3) is 5.46. The molecule has 0 bridgehead atoms. The molecule has 6 nitrogen and oxygen atoms in total. The van der Waals surface area contributed by atoms with Crippen LogP contribution in [0.4, 0.5) is 0 Å². The van der Waals surface area contributed by atoms with Gasteiger partial charge in [0, 0.05) is 26.1 Å². The van der Waals surface area contributed by atoms with Crippen molar-refractivity contribution >= 4 is 0 Å². The summed E-state index contributed by atoms with van der Waals surface area (Å²) in [4.78, 5) is 5.85. The molecule has 0 amide bonds. The van der Waals surface area contributed by atoms with Gasteiger partial charge in [0.15, 0.2) is 11.5 Å². The van der Waals surface area contributed by atoms with Gasteiger partial charge in [-0.1, -0.05) is 20.8 Å². The average Bonchev–Trinajstić information content (AvgIpc) is 2.70. The number of piperidine rings is 1. The van der Waals surface area contributed by atoms with Gasteiger partial charge in [-0.3, -0.25) is 9.74 Å². The number of hydrogen-bond acceptors (Lipinski definition) is 5. The Morgan fingerprint density at radius 2 is 2.03 bits per heavy atom. The summed E-state index contributed by atoms with van der Waals surface area (Å²) in [5.41, 5.74) is 2.73. The topological polar surface area (TPSA) is 55.5 Å². The fourth-order valence-electron chi connectivity index (χ4n) is 4.77. The number of aliphatic hydroxyl groups excluding tert-OH is 1. The van der Waals surface area contributed by atoms with E-state index in [0.29, 0.717) is 30.6 Å². The fraction of sp³-hybridized carbons (Fsp3) is 0.708. The van der Waals surface area contributed by atoms with Crippen molar-refractivity contribution in [3.05, 3.63) is 34.7 Å². The van der Waals surface area contributed by atoms with Gasteiger partial charge in [-0.2, -0.15) is 0 Å². The second kappa shape index (κ2) is 9.55. The van der Waals surface area contributed by atoms with Gasteiger partial charge in [0.2, 0.25) is 0 Å². The minimum Gasteiger partial charge on any atom is -0.493 e. The van der Waals surface area contributed by atoms with Gasteiger partial charge in [0.25, 0.3) is 0 Å². The standard InChI is InChI=1S/C24H36N2O4/c1-16(25-5)29-9-10-30-23-11-17-7-8-26-15-18(14-24(2,3)4)21(27)13-20(26)19(17)12-22(23)28-6/h11-12,16,18,20-21,27H,7-10,13-15H2,1-4,6H3/t16?,18-,20-,21-/m1/s1. The summed E-state index contributed by atoms with van der Waals surface area (Å²) in [5, 5.41) is 10.9. The molecule has 2 heterocycles. The quantitative estimate of drug-likeness (QED) is 0.536. The Hall–Kier alpha value is -1.81. The van der Waals surface area contributed by atoms with Crippen molar-refractivity contribution in [2.24, 2.45) is 11.3 Å². The van der Waals surface area contributed by atoms with Crippen molar-refractivity contribution in [1.29, 1.82) is 0 Å². The first kappa shape index (κ1) is 22.9. The molecule has 166 valence electrons. The van der Waals surface area contributed by atoms with Crippen LogP contribution in [0.3, 0.4) is 0 Å². The molecule has 4 atom stereocenters. The zero-order valence-electron chi connectivity index (χ0n) is 19.0. The molecular formula is C24H36N2O4. The maximum Gasteiger partial charge on any atom is 0.325 e. The van der Waals surface area contributed by atoms with Crippen LogP contribution in [0.25, 0.3) is 4.85 Å².